The second-order valence-corrected chi connectivity index (χ2v) is 4.42. The van der Waals surface area contributed by atoms with Gasteiger partial charge in [0.2, 0.25) is 0 Å². The summed E-state index contributed by atoms with van der Waals surface area (Å²) < 4.78 is 1.81. The van der Waals surface area contributed by atoms with Gasteiger partial charge in [0.15, 0.2) is 0 Å². The molecule has 0 aliphatic carbocycles. The molecule has 2 aromatic rings. The lowest BCUT2D eigenvalue weighted by molar-refractivity contribution is 0.602. The van der Waals surface area contributed by atoms with Crippen LogP contribution in [0.15, 0.2) is 17.6 Å². The third-order valence-electron chi connectivity index (χ3n) is 2.50. The van der Waals surface area contributed by atoms with Gasteiger partial charge in [-0.2, -0.15) is 0 Å². The van der Waals surface area contributed by atoms with E-state index < -0.39 is 0 Å². The van der Waals surface area contributed by atoms with Crippen LogP contribution in [-0.4, -0.2) is 22.0 Å². The molecule has 0 saturated carbocycles. The van der Waals surface area contributed by atoms with Crippen LogP contribution in [0.1, 0.15) is 22.2 Å². The molecular formula is C10H14N4S. The highest BCUT2D eigenvalue weighted by molar-refractivity contribution is 7.10. The molecule has 0 aliphatic heterocycles. The minimum Gasteiger partial charge on any atom is -0.307 e. The van der Waals surface area contributed by atoms with E-state index >= 15 is 0 Å². The van der Waals surface area contributed by atoms with Gasteiger partial charge in [0.1, 0.15) is 0 Å². The minimum absolute atomic E-state index is 0.185. The Balaban J connectivity index is 2.41. The molecule has 4 nitrogen and oxygen atoms in total. The Hall–Kier alpha value is -1.20. The monoisotopic (exact) mass is 222 g/mol. The zero-order valence-corrected chi connectivity index (χ0v) is 9.88. The van der Waals surface area contributed by atoms with Crippen molar-refractivity contribution in [1.29, 1.82) is 0 Å². The van der Waals surface area contributed by atoms with Crippen molar-refractivity contribution in [3.8, 4) is 0 Å². The maximum atomic E-state index is 3.96. The minimum atomic E-state index is 0.185. The van der Waals surface area contributed by atoms with Gasteiger partial charge in [0.05, 0.1) is 17.9 Å². The highest BCUT2D eigenvalue weighted by Gasteiger charge is 2.18. The molecule has 0 aliphatic rings. The SMILES string of the molecule is CNC(c1sccc1C)c1cnnn1C. The van der Waals surface area contributed by atoms with Gasteiger partial charge in [-0.25, -0.2) is 0 Å². The molecule has 0 aromatic carbocycles. The van der Waals surface area contributed by atoms with Crippen LogP contribution in [0, 0.1) is 6.92 Å². The van der Waals surface area contributed by atoms with Crippen molar-refractivity contribution in [2.75, 3.05) is 7.05 Å². The van der Waals surface area contributed by atoms with Crippen LogP contribution in [-0.2, 0) is 7.05 Å². The number of hydrogen-bond donors (Lipinski definition) is 1. The fourth-order valence-corrected chi connectivity index (χ4v) is 2.70. The van der Waals surface area contributed by atoms with Crippen molar-refractivity contribution in [2.24, 2.45) is 7.05 Å². The van der Waals surface area contributed by atoms with Gasteiger partial charge in [-0.15, -0.1) is 16.4 Å². The lowest BCUT2D eigenvalue weighted by Gasteiger charge is -2.15. The second kappa shape index (κ2) is 4.12. The molecule has 0 amide bonds. The lowest BCUT2D eigenvalue weighted by atomic mass is 10.1. The summed E-state index contributed by atoms with van der Waals surface area (Å²) in [6.07, 6.45) is 1.81. The molecule has 2 rings (SSSR count). The van der Waals surface area contributed by atoms with Gasteiger partial charge >= 0.3 is 0 Å². The van der Waals surface area contributed by atoms with Crippen molar-refractivity contribution < 1.29 is 0 Å². The summed E-state index contributed by atoms with van der Waals surface area (Å²) in [5.41, 5.74) is 2.39. The van der Waals surface area contributed by atoms with E-state index in [-0.39, 0.29) is 6.04 Å². The maximum Gasteiger partial charge on any atom is 0.0858 e. The van der Waals surface area contributed by atoms with Crippen molar-refractivity contribution in [2.45, 2.75) is 13.0 Å². The van der Waals surface area contributed by atoms with Crippen LogP contribution >= 0.6 is 11.3 Å². The zero-order chi connectivity index (χ0) is 10.8. The van der Waals surface area contributed by atoms with Gasteiger partial charge < -0.3 is 5.32 Å². The van der Waals surface area contributed by atoms with Crippen LogP contribution in [0.25, 0.3) is 0 Å². The Morgan fingerprint density at radius 1 is 1.53 bits per heavy atom. The quantitative estimate of drug-likeness (QED) is 0.855. The molecule has 0 spiro atoms. The third kappa shape index (κ3) is 1.80. The molecule has 2 aromatic heterocycles. The Bertz CT molecular complexity index is 405. The Kier molecular flexibility index (Phi) is 2.83. The molecule has 0 bridgehead atoms. The number of aryl methyl sites for hydroxylation is 2. The summed E-state index contributed by atoms with van der Waals surface area (Å²) in [5, 5.41) is 13.3. The molecule has 2 heterocycles. The molecule has 5 heteroatoms. The fraction of sp³-hybridized carbons (Fsp3) is 0.400. The van der Waals surface area contributed by atoms with E-state index in [9.17, 15) is 0 Å². The predicted octanol–water partition coefficient (Wildman–Crippen LogP) is 1.49. The fourth-order valence-electron chi connectivity index (χ4n) is 1.65. The van der Waals surface area contributed by atoms with Gasteiger partial charge in [-0.3, -0.25) is 4.68 Å². The Morgan fingerprint density at radius 2 is 2.33 bits per heavy atom. The smallest absolute Gasteiger partial charge is 0.0858 e. The number of aromatic nitrogens is 3. The lowest BCUT2D eigenvalue weighted by Crippen LogP contribution is -2.20. The Morgan fingerprint density at radius 3 is 2.80 bits per heavy atom. The molecule has 1 N–H and O–H groups in total. The standard InChI is InChI=1S/C10H14N4S/c1-7-4-5-15-10(7)9(11-2)8-6-12-13-14(8)3/h4-6,9,11H,1-3H3. The zero-order valence-electron chi connectivity index (χ0n) is 9.06. The predicted molar refractivity (Wildman–Crippen MR) is 61.0 cm³/mol. The van der Waals surface area contributed by atoms with Gasteiger partial charge in [0.25, 0.3) is 0 Å². The number of rotatable bonds is 3. The summed E-state index contributed by atoms with van der Waals surface area (Å²) in [6, 6.07) is 2.32. The van der Waals surface area contributed by atoms with Crippen molar-refractivity contribution >= 4 is 11.3 Å². The van der Waals surface area contributed by atoms with Gasteiger partial charge in [-0.05, 0) is 31.0 Å². The van der Waals surface area contributed by atoms with Crippen molar-refractivity contribution in [3.63, 3.8) is 0 Å². The number of hydrogen-bond acceptors (Lipinski definition) is 4. The van der Waals surface area contributed by atoms with Gasteiger partial charge in [-0.1, -0.05) is 5.21 Å². The van der Waals surface area contributed by atoms with Crippen LogP contribution in [0.5, 0.6) is 0 Å². The molecule has 0 saturated heterocycles. The van der Waals surface area contributed by atoms with Crippen molar-refractivity contribution in [3.05, 3.63) is 33.8 Å². The first-order valence-corrected chi connectivity index (χ1v) is 5.68. The summed E-state index contributed by atoms with van der Waals surface area (Å²) >= 11 is 1.76. The second-order valence-electron chi connectivity index (χ2n) is 3.47. The number of thiophene rings is 1. The first-order valence-electron chi connectivity index (χ1n) is 4.80. The van der Waals surface area contributed by atoms with E-state index in [4.69, 9.17) is 0 Å². The first kappa shape index (κ1) is 10.3. The molecule has 1 atom stereocenters. The summed E-state index contributed by atoms with van der Waals surface area (Å²) in [6.45, 7) is 2.12. The highest BCUT2D eigenvalue weighted by Crippen LogP contribution is 2.28. The van der Waals surface area contributed by atoms with Crippen LogP contribution in [0.2, 0.25) is 0 Å². The molecule has 15 heavy (non-hydrogen) atoms. The largest absolute Gasteiger partial charge is 0.307 e. The average molecular weight is 222 g/mol. The van der Waals surface area contributed by atoms with E-state index in [0.29, 0.717) is 0 Å². The van der Waals surface area contributed by atoms with E-state index in [1.165, 1.54) is 10.4 Å². The van der Waals surface area contributed by atoms with E-state index in [0.717, 1.165) is 5.69 Å². The maximum absolute atomic E-state index is 3.96. The molecule has 1 unspecified atom stereocenters. The molecule has 80 valence electrons. The summed E-state index contributed by atoms with van der Waals surface area (Å²) in [5.74, 6) is 0. The van der Waals surface area contributed by atoms with Crippen molar-refractivity contribution in [1.82, 2.24) is 20.3 Å². The molecular weight excluding hydrogens is 208 g/mol. The molecule has 0 radical (unpaired) electrons. The van der Waals surface area contributed by atoms with Crippen LogP contribution < -0.4 is 5.32 Å². The molecule has 0 fully saturated rings. The van der Waals surface area contributed by atoms with E-state index in [1.54, 1.807) is 22.2 Å². The first-order chi connectivity index (χ1) is 7.24. The third-order valence-corrected chi connectivity index (χ3v) is 3.58. The number of nitrogens with zero attached hydrogens (tertiary/aromatic N) is 3. The van der Waals surface area contributed by atoms with E-state index in [1.807, 2.05) is 14.1 Å². The highest BCUT2D eigenvalue weighted by atomic mass is 32.1. The average Bonchev–Trinajstić information content (AvgIpc) is 2.80. The Labute approximate surface area is 92.9 Å². The van der Waals surface area contributed by atoms with Crippen LogP contribution in [0.4, 0.5) is 0 Å². The summed E-state index contributed by atoms with van der Waals surface area (Å²) in [4.78, 5) is 1.32. The summed E-state index contributed by atoms with van der Waals surface area (Å²) in [7, 11) is 3.87. The normalized spacial score (nSPS) is 13.0. The topological polar surface area (TPSA) is 42.7 Å². The number of nitrogens with one attached hydrogen (secondary N) is 1. The van der Waals surface area contributed by atoms with Gasteiger partial charge in [0, 0.05) is 11.9 Å². The van der Waals surface area contributed by atoms with Crippen LogP contribution in [0.3, 0.4) is 0 Å². The van der Waals surface area contributed by atoms with E-state index in [2.05, 4.69) is 34.0 Å².